The lowest BCUT2D eigenvalue weighted by atomic mass is 9.77. The summed E-state index contributed by atoms with van der Waals surface area (Å²) in [6.45, 7) is 6.19. The van der Waals surface area contributed by atoms with Gasteiger partial charge in [0.1, 0.15) is 5.75 Å². The molecule has 0 amide bonds. The molecule has 0 spiro atoms. The highest BCUT2D eigenvalue weighted by molar-refractivity contribution is 5.75. The van der Waals surface area contributed by atoms with E-state index in [-0.39, 0.29) is 11.9 Å². The van der Waals surface area contributed by atoms with Crippen LogP contribution in [-0.2, 0) is 4.79 Å². The van der Waals surface area contributed by atoms with Gasteiger partial charge in [0, 0.05) is 0 Å². The third kappa shape index (κ3) is 6.20. The number of ether oxygens (including phenoxy) is 1. The van der Waals surface area contributed by atoms with E-state index in [4.69, 9.17) is 4.74 Å². The van der Waals surface area contributed by atoms with Crippen LogP contribution < -0.4 is 4.74 Å². The van der Waals surface area contributed by atoms with Crippen LogP contribution in [-0.4, -0.2) is 5.97 Å². The molecule has 1 fully saturated rings. The molecule has 0 bridgehead atoms. The number of unbranched alkanes of at least 4 members (excludes halogenated alkanes) is 2. The highest BCUT2D eigenvalue weighted by Gasteiger charge is 2.22. The van der Waals surface area contributed by atoms with E-state index in [2.05, 4.69) is 31.2 Å². The van der Waals surface area contributed by atoms with Gasteiger partial charge in [0.2, 0.25) is 0 Å². The number of hydrogen-bond acceptors (Lipinski definition) is 2. The molecule has 0 unspecified atom stereocenters. The first kappa shape index (κ1) is 22.6. The molecule has 2 nitrogen and oxygen atoms in total. The van der Waals surface area contributed by atoms with Crippen molar-refractivity contribution in [3.8, 4) is 16.9 Å². The number of rotatable bonds is 9. The minimum Gasteiger partial charge on any atom is -0.426 e. The van der Waals surface area contributed by atoms with Crippen molar-refractivity contribution in [1.29, 1.82) is 0 Å². The summed E-state index contributed by atoms with van der Waals surface area (Å²) in [5, 5.41) is 0. The molecule has 0 aliphatic heterocycles. The molecule has 2 aromatic carbocycles. The second kappa shape index (κ2) is 11.3. The number of esters is 1. The quantitative estimate of drug-likeness (QED) is 0.238. The van der Waals surface area contributed by atoms with Crippen LogP contribution in [0.15, 0.2) is 48.5 Å². The molecule has 30 heavy (non-hydrogen) atoms. The van der Waals surface area contributed by atoms with E-state index < -0.39 is 0 Å². The summed E-state index contributed by atoms with van der Waals surface area (Å²) in [5.74, 6) is 2.08. The van der Waals surface area contributed by atoms with Gasteiger partial charge in [0.25, 0.3) is 0 Å². The normalized spacial score (nSPS) is 20.0. The molecule has 3 rings (SSSR count). The highest BCUT2D eigenvalue weighted by Crippen LogP contribution is 2.38. The summed E-state index contributed by atoms with van der Waals surface area (Å²) in [5.41, 5.74) is 3.86. The fourth-order valence-electron chi connectivity index (χ4n) is 4.51. The molecule has 0 N–H and O–H groups in total. The molecule has 1 aliphatic rings. The Kier molecular flexibility index (Phi) is 8.54. The van der Waals surface area contributed by atoms with Crippen molar-refractivity contribution in [3.05, 3.63) is 54.1 Å². The van der Waals surface area contributed by atoms with Gasteiger partial charge in [0.15, 0.2) is 0 Å². The maximum Gasteiger partial charge on any atom is 0.314 e. The van der Waals surface area contributed by atoms with Crippen molar-refractivity contribution in [2.75, 3.05) is 0 Å². The minimum absolute atomic E-state index is 0.0661. The first-order chi connectivity index (χ1) is 14.6. The molecule has 1 atom stereocenters. The molecule has 162 valence electrons. The first-order valence-corrected chi connectivity index (χ1v) is 12.0. The molecule has 2 aromatic rings. The second-order valence-corrected chi connectivity index (χ2v) is 9.09. The summed E-state index contributed by atoms with van der Waals surface area (Å²) >= 11 is 0. The summed E-state index contributed by atoms with van der Waals surface area (Å²) in [4.78, 5) is 11.9. The maximum absolute atomic E-state index is 11.9. The van der Waals surface area contributed by atoms with Crippen LogP contribution >= 0.6 is 0 Å². The van der Waals surface area contributed by atoms with E-state index >= 15 is 0 Å². The average Bonchev–Trinajstić information content (AvgIpc) is 2.80. The second-order valence-electron chi connectivity index (χ2n) is 9.09. The molecule has 0 heterocycles. The fourth-order valence-corrected chi connectivity index (χ4v) is 4.51. The molecule has 0 saturated heterocycles. The molecular formula is C28H38O2. The Morgan fingerprint density at radius 3 is 2.07 bits per heavy atom. The number of hydrogen-bond donors (Lipinski definition) is 0. The lowest BCUT2D eigenvalue weighted by Gasteiger charge is -2.29. The van der Waals surface area contributed by atoms with Crippen molar-refractivity contribution in [3.63, 3.8) is 0 Å². The topological polar surface area (TPSA) is 26.3 Å². The van der Waals surface area contributed by atoms with E-state index in [0.717, 1.165) is 23.8 Å². The molecule has 1 saturated carbocycles. The lowest BCUT2D eigenvalue weighted by Crippen LogP contribution is -2.16. The van der Waals surface area contributed by atoms with Gasteiger partial charge in [-0.1, -0.05) is 82.9 Å². The van der Waals surface area contributed by atoms with Crippen LogP contribution in [0.25, 0.3) is 11.1 Å². The van der Waals surface area contributed by atoms with Gasteiger partial charge in [-0.15, -0.1) is 0 Å². The Labute approximate surface area is 183 Å². The van der Waals surface area contributed by atoms with Gasteiger partial charge < -0.3 is 4.74 Å². The average molecular weight is 407 g/mol. The predicted octanol–water partition coefficient (Wildman–Crippen LogP) is 8.16. The minimum atomic E-state index is -0.158. The third-order valence-corrected chi connectivity index (χ3v) is 6.87. The van der Waals surface area contributed by atoms with Crippen LogP contribution in [0.1, 0.15) is 90.0 Å². The summed E-state index contributed by atoms with van der Waals surface area (Å²) < 4.78 is 5.46. The van der Waals surface area contributed by atoms with Gasteiger partial charge >= 0.3 is 5.97 Å². The molecule has 0 radical (unpaired) electrons. The van der Waals surface area contributed by atoms with E-state index in [1.807, 2.05) is 38.1 Å². The zero-order valence-electron chi connectivity index (χ0n) is 19.0. The standard InChI is InChI=1S/C28H38O2/c1-4-6-7-8-22-9-11-23(12-10-22)24-13-15-25(16-14-24)26-17-19-27(20-18-26)30-28(29)21(3)5-2/h13-23H,4-12H2,1-3H3/t21-,22-,23-/m0/s1. The van der Waals surface area contributed by atoms with Crippen LogP contribution in [0.3, 0.4) is 0 Å². The van der Waals surface area contributed by atoms with Crippen molar-refractivity contribution in [2.24, 2.45) is 11.8 Å². The largest absolute Gasteiger partial charge is 0.426 e. The van der Waals surface area contributed by atoms with Crippen molar-refractivity contribution >= 4 is 5.97 Å². The van der Waals surface area contributed by atoms with Gasteiger partial charge in [-0.05, 0) is 72.8 Å². The fraction of sp³-hybridized carbons (Fsp3) is 0.536. The number of carbonyl (C=O) groups excluding carboxylic acids is 1. The lowest BCUT2D eigenvalue weighted by molar-refractivity contribution is -0.138. The predicted molar refractivity (Wildman–Crippen MR) is 126 cm³/mol. The van der Waals surface area contributed by atoms with Crippen LogP contribution in [0, 0.1) is 11.8 Å². The van der Waals surface area contributed by atoms with Gasteiger partial charge in [-0.2, -0.15) is 0 Å². The maximum atomic E-state index is 11.9. The van der Waals surface area contributed by atoms with E-state index in [1.165, 1.54) is 62.5 Å². The van der Waals surface area contributed by atoms with Crippen molar-refractivity contribution in [2.45, 2.75) is 84.5 Å². The first-order valence-electron chi connectivity index (χ1n) is 12.0. The summed E-state index contributed by atoms with van der Waals surface area (Å²) in [6.07, 6.45) is 11.8. The van der Waals surface area contributed by atoms with E-state index in [0.29, 0.717) is 5.75 Å². The highest BCUT2D eigenvalue weighted by atomic mass is 16.5. The van der Waals surface area contributed by atoms with E-state index in [9.17, 15) is 4.79 Å². The molecule has 0 aromatic heterocycles. The van der Waals surface area contributed by atoms with Gasteiger partial charge in [-0.3, -0.25) is 4.79 Å². The molecule has 1 aliphatic carbocycles. The summed E-state index contributed by atoms with van der Waals surface area (Å²) in [6, 6.07) is 17.0. The Hall–Kier alpha value is -2.09. The number of benzene rings is 2. The van der Waals surface area contributed by atoms with Crippen LogP contribution in [0.2, 0.25) is 0 Å². The monoisotopic (exact) mass is 406 g/mol. The number of carbonyl (C=O) groups is 1. The Morgan fingerprint density at radius 1 is 0.900 bits per heavy atom. The van der Waals surface area contributed by atoms with Crippen LogP contribution in [0.4, 0.5) is 0 Å². The Balaban J connectivity index is 1.54. The van der Waals surface area contributed by atoms with Crippen molar-refractivity contribution < 1.29 is 9.53 Å². The molecule has 2 heteroatoms. The van der Waals surface area contributed by atoms with Gasteiger partial charge in [0.05, 0.1) is 5.92 Å². The zero-order valence-corrected chi connectivity index (χ0v) is 19.0. The smallest absolute Gasteiger partial charge is 0.314 e. The SMILES string of the molecule is CCCCC[C@H]1CC[C@H](c2ccc(-c3ccc(OC(=O)[C@@H](C)CC)cc3)cc2)CC1. The molecular weight excluding hydrogens is 368 g/mol. The van der Waals surface area contributed by atoms with Gasteiger partial charge in [-0.25, -0.2) is 0 Å². The Bertz CT molecular complexity index is 767. The zero-order chi connectivity index (χ0) is 21.3. The van der Waals surface area contributed by atoms with E-state index in [1.54, 1.807) is 0 Å². The van der Waals surface area contributed by atoms with Crippen LogP contribution in [0.5, 0.6) is 5.75 Å². The Morgan fingerprint density at radius 2 is 1.50 bits per heavy atom. The summed E-state index contributed by atoms with van der Waals surface area (Å²) in [7, 11) is 0. The van der Waals surface area contributed by atoms with Crippen molar-refractivity contribution in [1.82, 2.24) is 0 Å². The third-order valence-electron chi connectivity index (χ3n) is 6.87.